The zero-order valence-corrected chi connectivity index (χ0v) is 10.0. The third-order valence-corrected chi connectivity index (χ3v) is 3.56. The maximum Gasteiger partial charge on any atom is 0.311 e. The highest BCUT2D eigenvalue weighted by Crippen LogP contribution is 2.48. The molecule has 3 unspecified atom stereocenters. The second kappa shape index (κ2) is 3.10. The number of rotatable bonds is 1. The zero-order chi connectivity index (χ0) is 11.3. The second-order valence-electron chi connectivity index (χ2n) is 6.14. The SMILES string of the molecule is CC(C)(C)C(=O)OC1(C)CC2C=CC1C2. The topological polar surface area (TPSA) is 26.3 Å². The highest BCUT2D eigenvalue weighted by molar-refractivity contribution is 5.76. The van der Waals surface area contributed by atoms with Crippen LogP contribution in [0.25, 0.3) is 0 Å². The van der Waals surface area contributed by atoms with Crippen LogP contribution >= 0.6 is 0 Å². The summed E-state index contributed by atoms with van der Waals surface area (Å²) in [4.78, 5) is 11.9. The Balaban J connectivity index is 2.07. The smallest absolute Gasteiger partial charge is 0.311 e. The van der Waals surface area contributed by atoms with Crippen LogP contribution in [0.15, 0.2) is 12.2 Å². The molecule has 0 N–H and O–H groups in total. The normalized spacial score (nSPS) is 38.4. The molecule has 2 bridgehead atoms. The molecule has 0 aromatic rings. The summed E-state index contributed by atoms with van der Waals surface area (Å²) in [5.41, 5.74) is -0.641. The number of allylic oxidation sites excluding steroid dienone is 1. The summed E-state index contributed by atoms with van der Waals surface area (Å²) in [6, 6.07) is 0. The number of ether oxygens (including phenoxy) is 1. The van der Waals surface area contributed by atoms with Crippen LogP contribution in [0.3, 0.4) is 0 Å². The van der Waals surface area contributed by atoms with Gasteiger partial charge in [-0.15, -0.1) is 0 Å². The van der Waals surface area contributed by atoms with Crippen molar-refractivity contribution in [3.8, 4) is 0 Å². The van der Waals surface area contributed by atoms with Crippen molar-refractivity contribution in [1.82, 2.24) is 0 Å². The van der Waals surface area contributed by atoms with Crippen LogP contribution in [0.5, 0.6) is 0 Å². The van der Waals surface area contributed by atoms with Gasteiger partial charge in [-0.1, -0.05) is 12.2 Å². The lowest BCUT2D eigenvalue weighted by Gasteiger charge is -2.33. The molecule has 2 heteroatoms. The molecule has 15 heavy (non-hydrogen) atoms. The van der Waals surface area contributed by atoms with E-state index >= 15 is 0 Å². The molecular weight excluding hydrogens is 188 g/mol. The third kappa shape index (κ3) is 1.82. The van der Waals surface area contributed by atoms with Gasteiger partial charge in [0.2, 0.25) is 0 Å². The lowest BCUT2D eigenvalue weighted by molar-refractivity contribution is -0.170. The minimum atomic E-state index is -0.394. The molecule has 1 fully saturated rings. The average molecular weight is 208 g/mol. The molecule has 0 aromatic heterocycles. The van der Waals surface area contributed by atoms with Crippen LogP contribution in [-0.2, 0) is 9.53 Å². The van der Waals surface area contributed by atoms with Gasteiger partial charge in [-0.25, -0.2) is 0 Å². The maximum atomic E-state index is 11.9. The molecule has 0 radical (unpaired) electrons. The van der Waals surface area contributed by atoms with Crippen molar-refractivity contribution in [2.24, 2.45) is 17.3 Å². The zero-order valence-electron chi connectivity index (χ0n) is 10.0. The van der Waals surface area contributed by atoms with Crippen LogP contribution in [0.2, 0.25) is 0 Å². The van der Waals surface area contributed by atoms with Crippen LogP contribution in [0.4, 0.5) is 0 Å². The second-order valence-corrected chi connectivity index (χ2v) is 6.14. The first kappa shape index (κ1) is 10.7. The Morgan fingerprint density at radius 2 is 2.07 bits per heavy atom. The van der Waals surface area contributed by atoms with E-state index in [9.17, 15) is 4.79 Å². The Morgan fingerprint density at radius 3 is 2.47 bits per heavy atom. The quantitative estimate of drug-likeness (QED) is 0.489. The van der Waals surface area contributed by atoms with Crippen molar-refractivity contribution in [2.75, 3.05) is 0 Å². The van der Waals surface area contributed by atoms with Crippen LogP contribution in [0, 0.1) is 17.3 Å². The lowest BCUT2D eigenvalue weighted by atomic mass is 9.89. The van der Waals surface area contributed by atoms with Gasteiger partial charge < -0.3 is 4.74 Å². The third-order valence-electron chi connectivity index (χ3n) is 3.56. The predicted molar refractivity (Wildman–Crippen MR) is 59.3 cm³/mol. The van der Waals surface area contributed by atoms with Crippen molar-refractivity contribution < 1.29 is 9.53 Å². The number of carbonyl (C=O) groups excluding carboxylic acids is 1. The first-order valence-corrected chi connectivity index (χ1v) is 5.73. The molecule has 1 saturated carbocycles. The number of hydrogen-bond acceptors (Lipinski definition) is 2. The van der Waals surface area contributed by atoms with Gasteiger partial charge in [0.25, 0.3) is 0 Å². The van der Waals surface area contributed by atoms with Gasteiger partial charge in [0.05, 0.1) is 5.41 Å². The fraction of sp³-hybridized carbons (Fsp3) is 0.769. The van der Waals surface area contributed by atoms with E-state index < -0.39 is 5.41 Å². The van der Waals surface area contributed by atoms with Gasteiger partial charge in [-0.3, -0.25) is 4.79 Å². The summed E-state index contributed by atoms with van der Waals surface area (Å²) in [5, 5.41) is 0. The van der Waals surface area contributed by atoms with Gasteiger partial charge in [-0.05, 0) is 46.5 Å². The average Bonchev–Trinajstić information content (AvgIpc) is 2.60. The van der Waals surface area contributed by atoms with E-state index in [1.54, 1.807) is 0 Å². The molecule has 2 rings (SSSR count). The molecule has 0 spiro atoms. The Morgan fingerprint density at radius 1 is 1.40 bits per heavy atom. The minimum absolute atomic E-state index is 0.0778. The highest BCUT2D eigenvalue weighted by Gasteiger charge is 2.48. The van der Waals surface area contributed by atoms with Crippen molar-refractivity contribution in [3.63, 3.8) is 0 Å². The molecule has 0 saturated heterocycles. The van der Waals surface area contributed by atoms with E-state index in [1.165, 1.54) is 0 Å². The molecule has 0 heterocycles. The van der Waals surface area contributed by atoms with Gasteiger partial charge in [0.1, 0.15) is 5.60 Å². The van der Waals surface area contributed by atoms with Crippen molar-refractivity contribution in [1.29, 1.82) is 0 Å². The predicted octanol–water partition coefficient (Wildman–Crippen LogP) is 2.93. The van der Waals surface area contributed by atoms with Crippen LogP contribution in [-0.4, -0.2) is 11.6 Å². The molecule has 2 nitrogen and oxygen atoms in total. The standard InChI is InChI=1S/C13H20O2/c1-12(2,3)11(14)15-13(4)8-9-5-6-10(13)7-9/h5-6,9-10H,7-8H2,1-4H3. The summed E-state index contributed by atoms with van der Waals surface area (Å²) in [6.07, 6.45) is 6.63. The minimum Gasteiger partial charge on any atom is -0.458 e. The van der Waals surface area contributed by atoms with E-state index in [-0.39, 0.29) is 11.6 Å². The first-order chi connectivity index (χ1) is 6.81. The molecule has 84 valence electrons. The van der Waals surface area contributed by atoms with Gasteiger partial charge in [-0.2, -0.15) is 0 Å². The van der Waals surface area contributed by atoms with E-state index in [4.69, 9.17) is 4.74 Å². The monoisotopic (exact) mass is 208 g/mol. The van der Waals surface area contributed by atoms with Gasteiger partial charge >= 0.3 is 5.97 Å². The number of esters is 1. The van der Waals surface area contributed by atoms with Gasteiger partial charge in [0, 0.05) is 5.92 Å². The summed E-state index contributed by atoms with van der Waals surface area (Å²) >= 11 is 0. The molecule has 3 atom stereocenters. The largest absolute Gasteiger partial charge is 0.458 e. The summed E-state index contributed by atoms with van der Waals surface area (Å²) in [7, 11) is 0. The van der Waals surface area contributed by atoms with Gasteiger partial charge in [0.15, 0.2) is 0 Å². The summed E-state index contributed by atoms with van der Waals surface area (Å²) < 4.78 is 5.71. The molecule has 0 aromatic carbocycles. The van der Waals surface area contributed by atoms with E-state index in [2.05, 4.69) is 19.1 Å². The maximum absolute atomic E-state index is 11.9. The number of hydrogen-bond donors (Lipinski definition) is 0. The van der Waals surface area contributed by atoms with Crippen LogP contribution in [0.1, 0.15) is 40.5 Å². The van der Waals surface area contributed by atoms with Crippen molar-refractivity contribution in [3.05, 3.63) is 12.2 Å². The van der Waals surface area contributed by atoms with E-state index in [1.807, 2.05) is 20.8 Å². The Kier molecular flexibility index (Phi) is 2.21. The summed E-state index contributed by atoms with van der Waals surface area (Å²) in [5.74, 6) is 0.993. The molecule has 2 aliphatic rings. The van der Waals surface area contributed by atoms with Crippen molar-refractivity contribution in [2.45, 2.75) is 46.1 Å². The lowest BCUT2D eigenvalue weighted by Crippen LogP contribution is -2.39. The fourth-order valence-electron chi connectivity index (χ4n) is 2.53. The number of fused-ring (bicyclic) bond motifs is 2. The fourth-order valence-corrected chi connectivity index (χ4v) is 2.53. The number of carbonyl (C=O) groups is 1. The Labute approximate surface area is 91.7 Å². The Hall–Kier alpha value is -0.790. The summed E-state index contributed by atoms with van der Waals surface area (Å²) in [6.45, 7) is 7.79. The van der Waals surface area contributed by atoms with Crippen molar-refractivity contribution >= 4 is 5.97 Å². The molecule has 0 aliphatic heterocycles. The molecule has 0 amide bonds. The van der Waals surface area contributed by atoms with Crippen LogP contribution < -0.4 is 0 Å². The highest BCUT2D eigenvalue weighted by atomic mass is 16.6. The first-order valence-electron chi connectivity index (χ1n) is 5.73. The van der Waals surface area contributed by atoms with E-state index in [0.29, 0.717) is 11.8 Å². The molecule has 2 aliphatic carbocycles. The Bertz CT molecular complexity index is 311. The van der Waals surface area contributed by atoms with E-state index in [0.717, 1.165) is 12.8 Å². The molecular formula is C13H20O2.